The van der Waals surface area contributed by atoms with Gasteiger partial charge in [0.1, 0.15) is 0 Å². The molecule has 2 aromatic heterocycles. The Balaban J connectivity index is 0.00000275. The minimum atomic E-state index is 0.977. The average molecular weight is 951 g/mol. The number of allylic oxidation sites excluding steroid dienone is 4. The Hall–Kier alpha value is -9.64. The van der Waals surface area contributed by atoms with Crippen LogP contribution in [-0.2, 0) is 0 Å². The van der Waals surface area contributed by atoms with E-state index in [-0.39, 0.29) is 0 Å². The number of para-hydroxylation sites is 3. The normalized spacial score (nSPS) is 11.6. The van der Waals surface area contributed by atoms with Gasteiger partial charge in [-0.25, -0.2) is 0 Å². The number of anilines is 6. The van der Waals surface area contributed by atoms with Gasteiger partial charge in [0.2, 0.25) is 0 Å². The smallest absolute Gasteiger partial charge is 0.0542 e. The molecule has 0 saturated carbocycles. The molecule has 0 fully saturated rings. The second-order valence-electron chi connectivity index (χ2n) is 18.2. The third-order valence-corrected chi connectivity index (χ3v) is 14.2. The Labute approximate surface area is 432 Å². The maximum absolute atomic E-state index is 4.16. The Morgan fingerprint density at radius 3 is 1.31 bits per heavy atom. The van der Waals surface area contributed by atoms with Crippen LogP contribution in [0.15, 0.2) is 280 Å². The molecule has 0 unspecified atom stereocenters. The fourth-order valence-corrected chi connectivity index (χ4v) is 11.0. The lowest BCUT2D eigenvalue weighted by molar-refractivity contribution is 1.18. The van der Waals surface area contributed by atoms with Gasteiger partial charge in [-0.2, -0.15) is 0 Å². The lowest BCUT2D eigenvalue weighted by Crippen LogP contribution is -2.10. The predicted molar refractivity (Wildman–Crippen MR) is 320 cm³/mol. The van der Waals surface area contributed by atoms with Crippen LogP contribution in [0.5, 0.6) is 0 Å². The van der Waals surface area contributed by atoms with Gasteiger partial charge in [0.25, 0.3) is 0 Å². The van der Waals surface area contributed by atoms with E-state index in [1.54, 1.807) is 0 Å². The molecule has 4 heteroatoms. The molecule has 0 aliphatic rings. The molecule has 0 N–H and O–H groups in total. The number of aromatic nitrogens is 2. The van der Waals surface area contributed by atoms with Crippen molar-refractivity contribution in [3.8, 4) is 16.8 Å². The van der Waals surface area contributed by atoms with Gasteiger partial charge in [0, 0.05) is 66.5 Å². The summed E-state index contributed by atoms with van der Waals surface area (Å²) < 4.78 is 4.65. The Morgan fingerprint density at radius 2 is 0.770 bits per heavy atom. The van der Waals surface area contributed by atoms with Gasteiger partial charge in [-0.1, -0.05) is 185 Å². The van der Waals surface area contributed by atoms with Crippen LogP contribution in [0.25, 0.3) is 87.7 Å². The first-order valence-corrected chi connectivity index (χ1v) is 25.5. The van der Waals surface area contributed by atoms with Crippen molar-refractivity contribution in [1.29, 1.82) is 0 Å². The van der Waals surface area contributed by atoms with Crippen LogP contribution in [0, 0.1) is 0 Å². The lowest BCUT2D eigenvalue weighted by Gasteiger charge is -2.28. The number of hydrogen-bond donors (Lipinski definition) is 0. The van der Waals surface area contributed by atoms with E-state index in [1.165, 1.54) is 54.1 Å². The van der Waals surface area contributed by atoms with Crippen molar-refractivity contribution >= 4 is 105 Å². The van der Waals surface area contributed by atoms with Gasteiger partial charge in [-0.05, 0) is 131 Å². The van der Waals surface area contributed by atoms with E-state index in [1.807, 2.05) is 32.1 Å². The van der Waals surface area contributed by atoms with Crippen LogP contribution in [0.3, 0.4) is 0 Å². The zero-order valence-corrected chi connectivity index (χ0v) is 41.6. The molecule has 11 aromatic carbocycles. The molecule has 4 nitrogen and oxygen atoms in total. The Kier molecular flexibility index (Phi) is 12.0. The number of nitrogens with zero attached hydrogens (tertiary/aromatic N) is 4. The highest BCUT2D eigenvalue weighted by Crippen LogP contribution is 2.45. The van der Waals surface area contributed by atoms with Crippen molar-refractivity contribution in [2.45, 2.75) is 13.8 Å². The molecule has 0 spiro atoms. The zero-order valence-electron chi connectivity index (χ0n) is 41.6. The Bertz CT molecular complexity index is 4240. The SMILES string of the molecule is C=C/C=C(\C=C)n1c2ccccc2c2cc(N(c3ccc(-c4ccc(N(c5ccc6c(c5)c5ccccc5n6-c5ccccc5)c5cccc6ccccc56)cc4)cc3)c3cccc4ccccc34)ccc21.CC. The molecule has 0 radical (unpaired) electrons. The molecular formula is C70H54N4. The first kappa shape index (κ1) is 45.5. The van der Waals surface area contributed by atoms with E-state index in [0.29, 0.717) is 0 Å². The highest BCUT2D eigenvalue weighted by Gasteiger charge is 2.21. The molecule has 0 amide bonds. The summed E-state index contributed by atoms with van der Waals surface area (Å²) in [7, 11) is 0. The van der Waals surface area contributed by atoms with Crippen LogP contribution < -0.4 is 9.80 Å². The largest absolute Gasteiger partial charge is 0.310 e. The summed E-state index contributed by atoms with van der Waals surface area (Å²) in [5.74, 6) is 0. The molecule has 74 heavy (non-hydrogen) atoms. The topological polar surface area (TPSA) is 16.3 Å². The van der Waals surface area contributed by atoms with Crippen LogP contribution in [-0.4, -0.2) is 9.13 Å². The molecule has 354 valence electrons. The number of rotatable bonds is 11. The van der Waals surface area contributed by atoms with Crippen molar-refractivity contribution < 1.29 is 0 Å². The highest BCUT2D eigenvalue weighted by molar-refractivity contribution is 6.13. The first-order chi connectivity index (χ1) is 36.6. The lowest BCUT2D eigenvalue weighted by atomic mass is 10.0. The Morgan fingerprint density at radius 1 is 0.365 bits per heavy atom. The number of hydrogen-bond acceptors (Lipinski definition) is 2. The van der Waals surface area contributed by atoms with E-state index in [4.69, 9.17) is 0 Å². The number of benzene rings is 11. The maximum Gasteiger partial charge on any atom is 0.0542 e. The van der Waals surface area contributed by atoms with Gasteiger partial charge >= 0.3 is 0 Å². The van der Waals surface area contributed by atoms with Crippen molar-refractivity contribution in [2.75, 3.05) is 9.80 Å². The van der Waals surface area contributed by atoms with E-state index >= 15 is 0 Å². The quantitative estimate of drug-likeness (QED) is 0.120. The van der Waals surface area contributed by atoms with E-state index < -0.39 is 0 Å². The van der Waals surface area contributed by atoms with Gasteiger partial charge in [-0.3, -0.25) is 0 Å². The van der Waals surface area contributed by atoms with Gasteiger partial charge < -0.3 is 18.9 Å². The maximum atomic E-state index is 4.16. The van der Waals surface area contributed by atoms with E-state index in [0.717, 1.165) is 67.7 Å². The van der Waals surface area contributed by atoms with Crippen molar-refractivity contribution in [3.63, 3.8) is 0 Å². The summed E-state index contributed by atoms with van der Waals surface area (Å²) in [4.78, 5) is 4.80. The summed E-state index contributed by atoms with van der Waals surface area (Å²) in [5.41, 5.74) is 15.6. The molecule has 13 rings (SSSR count). The fourth-order valence-electron chi connectivity index (χ4n) is 11.0. The van der Waals surface area contributed by atoms with Gasteiger partial charge in [-0.15, -0.1) is 0 Å². The third-order valence-electron chi connectivity index (χ3n) is 14.2. The van der Waals surface area contributed by atoms with Gasteiger partial charge in [0.15, 0.2) is 0 Å². The second kappa shape index (κ2) is 19.5. The van der Waals surface area contributed by atoms with E-state index in [2.05, 4.69) is 281 Å². The fraction of sp³-hybridized carbons (Fsp3) is 0.0286. The van der Waals surface area contributed by atoms with Crippen LogP contribution in [0.4, 0.5) is 34.1 Å². The van der Waals surface area contributed by atoms with Crippen LogP contribution in [0.1, 0.15) is 13.8 Å². The van der Waals surface area contributed by atoms with Crippen LogP contribution >= 0.6 is 0 Å². The predicted octanol–water partition coefficient (Wildman–Crippen LogP) is 20.0. The second-order valence-corrected chi connectivity index (χ2v) is 18.2. The minimum absolute atomic E-state index is 0.977. The molecule has 0 saturated heterocycles. The van der Waals surface area contributed by atoms with E-state index in [9.17, 15) is 0 Å². The van der Waals surface area contributed by atoms with Gasteiger partial charge in [0.05, 0.1) is 33.4 Å². The van der Waals surface area contributed by atoms with Crippen molar-refractivity contribution in [3.05, 3.63) is 280 Å². The standard InChI is InChI=1S/C68H48N4.C2H6/c1-3-18-51(4-2)71-65-29-14-12-27-59(65)61-45-55(41-43-67(61)71)69(63-31-16-21-49-19-8-10-25-57(49)63)53-37-33-47(34-38-53)48-35-39-54(40-36-48)70(64-32-17-22-50-20-9-11-26-58(50)64)56-42-44-68-62(46-56)60-28-13-15-30-66(60)72(68)52-23-6-5-7-24-52;1-2/h3-46H,1-2H2;1-2H3/b51-18+;. The van der Waals surface area contributed by atoms with Crippen LogP contribution in [0.2, 0.25) is 0 Å². The summed E-state index contributed by atoms with van der Waals surface area (Å²) >= 11 is 0. The first-order valence-electron chi connectivity index (χ1n) is 25.5. The summed E-state index contributed by atoms with van der Waals surface area (Å²) in [6.45, 7) is 12.2. The molecule has 2 heterocycles. The monoisotopic (exact) mass is 950 g/mol. The minimum Gasteiger partial charge on any atom is -0.310 e. The highest BCUT2D eigenvalue weighted by atomic mass is 15.2. The summed E-state index contributed by atoms with van der Waals surface area (Å²) in [6.07, 6.45) is 5.73. The average Bonchev–Trinajstić information content (AvgIpc) is 3.99. The third kappa shape index (κ3) is 7.81. The molecule has 0 bridgehead atoms. The summed E-state index contributed by atoms with van der Waals surface area (Å²) in [5, 5.41) is 9.54. The van der Waals surface area contributed by atoms with Crippen molar-refractivity contribution in [1.82, 2.24) is 9.13 Å². The van der Waals surface area contributed by atoms with Crippen molar-refractivity contribution in [2.24, 2.45) is 0 Å². The zero-order chi connectivity index (χ0) is 50.1. The molecule has 0 atom stereocenters. The molecular weight excluding hydrogens is 897 g/mol. The summed E-state index contributed by atoms with van der Waals surface area (Å²) in [6, 6.07) is 90.2. The molecule has 13 aromatic rings. The number of fused-ring (bicyclic) bond motifs is 8. The molecule has 0 aliphatic carbocycles. The molecule has 0 aliphatic heterocycles.